The summed E-state index contributed by atoms with van der Waals surface area (Å²) in [5.74, 6) is 0.430. The van der Waals surface area contributed by atoms with Gasteiger partial charge in [0.1, 0.15) is 9.84 Å². The van der Waals surface area contributed by atoms with Gasteiger partial charge in [0.05, 0.1) is 5.75 Å². The van der Waals surface area contributed by atoms with Crippen LogP contribution in [0.15, 0.2) is 0 Å². The molecule has 2 saturated heterocycles. The second-order valence-electron chi connectivity index (χ2n) is 6.62. The van der Waals surface area contributed by atoms with Crippen LogP contribution < -0.4 is 0 Å². The van der Waals surface area contributed by atoms with Gasteiger partial charge in [0.25, 0.3) is 0 Å². The highest BCUT2D eigenvalue weighted by molar-refractivity contribution is 7.90. The number of nitrogens with zero attached hydrogens (tertiary/aromatic N) is 3. The summed E-state index contributed by atoms with van der Waals surface area (Å²) in [6.45, 7) is 4.07. The van der Waals surface area contributed by atoms with Gasteiger partial charge in [-0.05, 0) is 19.9 Å². The number of likely N-dealkylation sites (tertiary alicyclic amines) is 1. The predicted molar refractivity (Wildman–Crippen MR) is 83.0 cm³/mol. The third-order valence-electron chi connectivity index (χ3n) is 5.00. The summed E-state index contributed by atoms with van der Waals surface area (Å²) < 4.78 is 22.7. The molecule has 0 N–H and O–H groups in total. The predicted octanol–water partition coefficient (Wildman–Crippen LogP) is -0.340. The second kappa shape index (κ2) is 6.22. The van der Waals surface area contributed by atoms with Gasteiger partial charge in [-0.25, -0.2) is 8.42 Å². The van der Waals surface area contributed by atoms with Crippen molar-refractivity contribution in [2.45, 2.75) is 24.8 Å². The van der Waals surface area contributed by atoms with Gasteiger partial charge in [-0.15, -0.1) is 0 Å². The molecule has 0 aromatic heterocycles. The largest absolute Gasteiger partial charge is 0.346 e. The van der Waals surface area contributed by atoms with E-state index in [-0.39, 0.29) is 17.2 Å². The van der Waals surface area contributed by atoms with Crippen LogP contribution in [0.25, 0.3) is 0 Å². The summed E-state index contributed by atoms with van der Waals surface area (Å²) in [6.07, 6.45) is 3.70. The van der Waals surface area contributed by atoms with E-state index in [4.69, 9.17) is 0 Å². The van der Waals surface area contributed by atoms with E-state index in [1.54, 1.807) is 0 Å². The lowest BCUT2D eigenvalue weighted by atomic mass is 9.86. The molecule has 2 aliphatic rings. The minimum Gasteiger partial charge on any atom is -0.346 e. The molecule has 1 spiro atoms. The van der Waals surface area contributed by atoms with Crippen molar-refractivity contribution in [3.05, 3.63) is 0 Å². The van der Waals surface area contributed by atoms with Crippen LogP contribution in [0.5, 0.6) is 0 Å². The molecule has 122 valence electrons. The van der Waals surface area contributed by atoms with Crippen LogP contribution in [0.4, 0.5) is 0 Å². The average molecular weight is 317 g/mol. The van der Waals surface area contributed by atoms with Crippen LogP contribution in [0.2, 0.25) is 0 Å². The normalized spacial score (nSPS) is 29.9. The van der Waals surface area contributed by atoms with E-state index >= 15 is 0 Å². The first-order valence-electron chi connectivity index (χ1n) is 7.57. The molecule has 2 rings (SSSR count). The Balaban J connectivity index is 2.05. The SMILES string of the molecule is CN1CC[C@@]2(CCC1=O)CN(CCS(C)(=O)=O)CCN2C. The molecular formula is C14H27N3O3S. The Hall–Kier alpha value is -0.660. The highest BCUT2D eigenvalue weighted by Gasteiger charge is 2.41. The van der Waals surface area contributed by atoms with Crippen molar-refractivity contribution in [1.29, 1.82) is 0 Å². The zero-order valence-corrected chi connectivity index (χ0v) is 14.2. The van der Waals surface area contributed by atoms with Gasteiger partial charge in [0.2, 0.25) is 5.91 Å². The highest BCUT2D eigenvalue weighted by atomic mass is 32.2. The topological polar surface area (TPSA) is 60.9 Å². The Bertz CT molecular complexity index is 494. The Labute approximate surface area is 128 Å². The number of piperazine rings is 1. The number of sulfone groups is 1. The Morgan fingerprint density at radius 1 is 1.14 bits per heavy atom. The van der Waals surface area contributed by atoms with Crippen LogP contribution in [-0.4, -0.2) is 93.4 Å². The fraction of sp³-hybridized carbons (Fsp3) is 0.929. The first-order valence-corrected chi connectivity index (χ1v) is 9.63. The van der Waals surface area contributed by atoms with Crippen molar-refractivity contribution in [3.8, 4) is 0 Å². The van der Waals surface area contributed by atoms with E-state index in [0.717, 1.165) is 39.0 Å². The minimum absolute atomic E-state index is 0.0101. The molecule has 0 bridgehead atoms. The van der Waals surface area contributed by atoms with E-state index in [1.807, 2.05) is 11.9 Å². The number of carbonyl (C=O) groups is 1. The molecule has 2 aliphatic heterocycles. The molecule has 0 radical (unpaired) electrons. The Morgan fingerprint density at radius 2 is 1.86 bits per heavy atom. The summed E-state index contributed by atoms with van der Waals surface area (Å²) >= 11 is 0. The maximum absolute atomic E-state index is 11.9. The lowest BCUT2D eigenvalue weighted by Crippen LogP contribution is -2.61. The fourth-order valence-electron chi connectivity index (χ4n) is 3.33. The molecule has 0 aromatic carbocycles. The van der Waals surface area contributed by atoms with Gasteiger partial charge >= 0.3 is 0 Å². The molecule has 0 saturated carbocycles. The number of rotatable bonds is 3. The molecule has 0 aromatic rings. The maximum atomic E-state index is 11.9. The summed E-state index contributed by atoms with van der Waals surface area (Å²) in [6, 6.07) is 0. The third kappa shape index (κ3) is 4.17. The molecule has 21 heavy (non-hydrogen) atoms. The molecule has 0 aliphatic carbocycles. The fourth-order valence-corrected chi connectivity index (χ4v) is 3.92. The summed E-state index contributed by atoms with van der Waals surface area (Å²) in [5, 5.41) is 0. The number of likely N-dealkylation sites (N-methyl/N-ethyl adjacent to an activating group) is 1. The molecule has 2 fully saturated rings. The number of carbonyl (C=O) groups excluding carboxylic acids is 1. The van der Waals surface area contributed by atoms with Gasteiger partial charge in [-0.2, -0.15) is 0 Å². The van der Waals surface area contributed by atoms with E-state index in [1.165, 1.54) is 6.26 Å². The summed E-state index contributed by atoms with van der Waals surface area (Å²) in [5.41, 5.74) is 0.0101. The molecular weight excluding hydrogens is 290 g/mol. The van der Waals surface area contributed by atoms with Crippen molar-refractivity contribution in [1.82, 2.24) is 14.7 Å². The molecule has 1 amide bonds. The van der Waals surface area contributed by atoms with E-state index in [0.29, 0.717) is 13.0 Å². The quantitative estimate of drug-likeness (QED) is 0.713. The molecule has 0 unspecified atom stereocenters. The van der Waals surface area contributed by atoms with Gasteiger partial charge in [0, 0.05) is 58.0 Å². The van der Waals surface area contributed by atoms with Gasteiger partial charge in [-0.3, -0.25) is 14.6 Å². The lowest BCUT2D eigenvalue weighted by Gasteiger charge is -2.49. The third-order valence-corrected chi connectivity index (χ3v) is 5.92. The Kier molecular flexibility index (Phi) is 4.95. The molecule has 6 nitrogen and oxygen atoms in total. The van der Waals surface area contributed by atoms with E-state index in [9.17, 15) is 13.2 Å². The number of amides is 1. The molecule has 1 atom stereocenters. The molecule has 2 heterocycles. The van der Waals surface area contributed by atoms with Gasteiger partial charge < -0.3 is 4.90 Å². The standard InChI is InChI=1S/C14H27N3O3S/c1-15-7-6-14(5-4-13(15)18)12-17(9-8-16(14)2)10-11-21(3,19)20/h4-12H2,1-3H3/t14-/m0/s1. The maximum Gasteiger partial charge on any atom is 0.222 e. The molecule has 7 heteroatoms. The van der Waals surface area contributed by atoms with Gasteiger partial charge in [0.15, 0.2) is 0 Å². The van der Waals surface area contributed by atoms with Crippen LogP contribution in [0.3, 0.4) is 0 Å². The second-order valence-corrected chi connectivity index (χ2v) is 8.88. The number of hydrogen-bond donors (Lipinski definition) is 0. The van der Waals surface area contributed by atoms with E-state index < -0.39 is 9.84 Å². The van der Waals surface area contributed by atoms with Crippen molar-refractivity contribution >= 4 is 15.7 Å². The summed E-state index contributed by atoms with van der Waals surface area (Å²) in [4.78, 5) is 18.3. The number of hydrogen-bond acceptors (Lipinski definition) is 5. The minimum atomic E-state index is -2.92. The van der Waals surface area contributed by atoms with Crippen LogP contribution >= 0.6 is 0 Å². The smallest absolute Gasteiger partial charge is 0.222 e. The zero-order valence-electron chi connectivity index (χ0n) is 13.3. The van der Waals surface area contributed by atoms with Crippen molar-refractivity contribution in [3.63, 3.8) is 0 Å². The lowest BCUT2D eigenvalue weighted by molar-refractivity contribution is -0.129. The average Bonchev–Trinajstić information content (AvgIpc) is 2.54. The van der Waals surface area contributed by atoms with Crippen LogP contribution in [-0.2, 0) is 14.6 Å². The first-order chi connectivity index (χ1) is 9.72. The van der Waals surface area contributed by atoms with Crippen LogP contribution in [0, 0.1) is 0 Å². The van der Waals surface area contributed by atoms with Crippen molar-refractivity contribution in [2.75, 3.05) is 58.8 Å². The van der Waals surface area contributed by atoms with Gasteiger partial charge in [-0.1, -0.05) is 0 Å². The highest BCUT2D eigenvalue weighted by Crippen LogP contribution is 2.31. The van der Waals surface area contributed by atoms with Crippen LogP contribution in [0.1, 0.15) is 19.3 Å². The monoisotopic (exact) mass is 317 g/mol. The first kappa shape index (κ1) is 16.7. The Morgan fingerprint density at radius 3 is 2.52 bits per heavy atom. The summed E-state index contributed by atoms with van der Waals surface area (Å²) in [7, 11) is 1.07. The van der Waals surface area contributed by atoms with Crippen molar-refractivity contribution < 1.29 is 13.2 Å². The van der Waals surface area contributed by atoms with Crippen molar-refractivity contribution in [2.24, 2.45) is 0 Å². The zero-order chi connectivity index (χ0) is 15.7. The van der Waals surface area contributed by atoms with E-state index in [2.05, 4.69) is 16.8 Å².